The van der Waals surface area contributed by atoms with Gasteiger partial charge < -0.3 is 10.1 Å². The van der Waals surface area contributed by atoms with E-state index in [-0.39, 0.29) is 17.8 Å². The average molecular weight is 453 g/mol. The van der Waals surface area contributed by atoms with E-state index >= 15 is 0 Å². The van der Waals surface area contributed by atoms with Gasteiger partial charge in [0, 0.05) is 35.3 Å². The second-order valence-corrected chi connectivity index (χ2v) is 8.92. The van der Waals surface area contributed by atoms with Gasteiger partial charge in [0.15, 0.2) is 5.78 Å². The molecular weight excluding hydrogens is 432 g/mol. The van der Waals surface area contributed by atoms with Crippen molar-refractivity contribution in [3.8, 4) is 16.2 Å². The van der Waals surface area contributed by atoms with Gasteiger partial charge in [0.2, 0.25) is 5.91 Å². The number of ether oxygens (including phenoxy) is 1. The minimum absolute atomic E-state index is 0.0514. The third-order valence-corrected chi connectivity index (χ3v) is 6.57. The molecule has 1 aromatic carbocycles. The van der Waals surface area contributed by atoms with E-state index in [9.17, 15) is 9.59 Å². The van der Waals surface area contributed by atoms with Crippen LogP contribution in [0.3, 0.4) is 0 Å². The number of allylic oxidation sites excluding steroid dienone is 1. The molecule has 0 radical (unpaired) electrons. The first kappa shape index (κ1) is 21.3. The fourth-order valence-electron chi connectivity index (χ4n) is 3.47. The molecule has 7 heteroatoms. The summed E-state index contributed by atoms with van der Waals surface area (Å²) >= 11 is 7.92. The Bertz CT molecular complexity index is 1170. The highest BCUT2D eigenvalue weighted by atomic mass is 35.5. The molecule has 1 aliphatic heterocycles. The van der Waals surface area contributed by atoms with E-state index in [2.05, 4.69) is 10.3 Å². The van der Waals surface area contributed by atoms with Crippen molar-refractivity contribution in [2.75, 3.05) is 6.54 Å². The summed E-state index contributed by atoms with van der Waals surface area (Å²) in [5.74, 6) is 0.536. The van der Waals surface area contributed by atoms with E-state index in [1.165, 1.54) is 11.3 Å². The van der Waals surface area contributed by atoms with Crippen molar-refractivity contribution in [1.29, 1.82) is 0 Å². The van der Waals surface area contributed by atoms with Gasteiger partial charge in [-0.3, -0.25) is 14.6 Å². The van der Waals surface area contributed by atoms with Crippen molar-refractivity contribution in [3.63, 3.8) is 0 Å². The largest absolute Gasteiger partial charge is 0.486 e. The zero-order chi connectivity index (χ0) is 22.0. The monoisotopic (exact) mass is 452 g/mol. The molecular formula is C24H21ClN2O3S. The van der Waals surface area contributed by atoms with Gasteiger partial charge in [-0.05, 0) is 60.9 Å². The first-order chi connectivity index (χ1) is 14.9. The smallest absolute Gasteiger partial charge is 0.244 e. The number of nitrogens with zero attached hydrogens (tertiary/aromatic N) is 1. The number of thiophene rings is 1. The third kappa shape index (κ3) is 4.86. The first-order valence-corrected chi connectivity index (χ1v) is 11.1. The molecule has 0 bridgehead atoms. The lowest BCUT2D eigenvalue weighted by Crippen LogP contribution is -2.33. The van der Waals surface area contributed by atoms with Crippen molar-refractivity contribution in [2.45, 2.75) is 26.4 Å². The number of hydrogen-bond donors (Lipinski definition) is 1. The van der Waals surface area contributed by atoms with Crippen LogP contribution in [0.25, 0.3) is 16.0 Å². The molecule has 31 heavy (non-hydrogen) atoms. The lowest BCUT2D eigenvalue weighted by Gasteiger charge is -2.11. The molecule has 0 saturated carbocycles. The third-order valence-electron chi connectivity index (χ3n) is 5.06. The molecule has 1 N–H and O–H groups in total. The minimum atomic E-state index is -0.185. The highest BCUT2D eigenvalue weighted by Gasteiger charge is 2.26. The van der Waals surface area contributed by atoms with Crippen molar-refractivity contribution in [2.24, 2.45) is 0 Å². The number of rotatable bonds is 6. The molecule has 5 nitrogen and oxygen atoms in total. The van der Waals surface area contributed by atoms with Gasteiger partial charge >= 0.3 is 0 Å². The van der Waals surface area contributed by atoms with E-state index in [0.29, 0.717) is 23.7 Å². The van der Waals surface area contributed by atoms with Crippen molar-refractivity contribution in [3.05, 3.63) is 75.9 Å². The standard InChI is InChI=1S/C24H21ClN2O3S/c1-14(16-4-3-7-26-12-16)8-23(29)27-13-19-10-18-9-17(11-20(25)24(18)30-19)22-6-5-21(31-22)15(2)28/h3-9,11-12,19H,10,13H2,1-2H3,(H,27,29)/b14-8+. The normalized spacial score (nSPS) is 15.3. The Labute approximate surface area is 189 Å². The van der Waals surface area contributed by atoms with Gasteiger partial charge in [-0.2, -0.15) is 0 Å². The molecule has 1 amide bonds. The maximum atomic E-state index is 12.3. The molecule has 2 aromatic heterocycles. The summed E-state index contributed by atoms with van der Waals surface area (Å²) < 4.78 is 5.98. The molecule has 0 aliphatic carbocycles. The zero-order valence-electron chi connectivity index (χ0n) is 17.1. The molecule has 1 atom stereocenters. The van der Waals surface area contributed by atoms with Crippen molar-refractivity contribution in [1.82, 2.24) is 10.3 Å². The summed E-state index contributed by atoms with van der Waals surface area (Å²) in [7, 11) is 0. The molecule has 0 spiro atoms. The van der Waals surface area contributed by atoms with Gasteiger partial charge in [0.1, 0.15) is 11.9 Å². The van der Waals surface area contributed by atoms with Crippen LogP contribution < -0.4 is 10.1 Å². The zero-order valence-corrected chi connectivity index (χ0v) is 18.7. The number of nitrogens with one attached hydrogen (secondary N) is 1. The first-order valence-electron chi connectivity index (χ1n) is 9.87. The van der Waals surface area contributed by atoms with E-state index in [1.54, 1.807) is 25.4 Å². The van der Waals surface area contributed by atoms with Crippen LogP contribution in [0.2, 0.25) is 5.02 Å². The number of ketones is 1. The van der Waals surface area contributed by atoms with Gasteiger partial charge in [-0.15, -0.1) is 11.3 Å². The lowest BCUT2D eigenvalue weighted by atomic mass is 10.1. The number of carbonyl (C=O) groups is 2. The molecule has 158 valence electrons. The minimum Gasteiger partial charge on any atom is -0.486 e. The summed E-state index contributed by atoms with van der Waals surface area (Å²) in [6, 6.07) is 11.4. The van der Waals surface area contributed by atoms with Crippen LogP contribution in [-0.2, 0) is 11.2 Å². The Hall–Kier alpha value is -2.96. The quantitative estimate of drug-likeness (QED) is 0.413. The summed E-state index contributed by atoms with van der Waals surface area (Å²) in [6.07, 6.45) is 5.45. The van der Waals surface area contributed by atoms with Crippen molar-refractivity contribution < 1.29 is 14.3 Å². The number of Topliss-reactive ketones (excluding diaryl/α,β-unsaturated/α-hetero) is 1. The van der Waals surface area contributed by atoms with Gasteiger partial charge in [0.05, 0.1) is 16.4 Å². The average Bonchev–Trinajstić information content (AvgIpc) is 3.40. The molecule has 3 aromatic rings. The second kappa shape index (κ2) is 9.04. The lowest BCUT2D eigenvalue weighted by molar-refractivity contribution is -0.116. The molecule has 1 aliphatic rings. The number of fused-ring (bicyclic) bond motifs is 1. The van der Waals surface area contributed by atoms with Crippen LogP contribution in [0.1, 0.15) is 34.6 Å². The summed E-state index contributed by atoms with van der Waals surface area (Å²) in [4.78, 5) is 29.7. The highest BCUT2D eigenvalue weighted by molar-refractivity contribution is 7.17. The van der Waals surface area contributed by atoms with E-state index in [0.717, 1.165) is 32.0 Å². The second-order valence-electron chi connectivity index (χ2n) is 7.42. The van der Waals surface area contributed by atoms with Crippen LogP contribution in [0.15, 0.2) is 54.9 Å². The number of pyridine rings is 1. The number of carbonyl (C=O) groups excluding carboxylic acids is 2. The predicted molar refractivity (Wildman–Crippen MR) is 124 cm³/mol. The molecule has 1 unspecified atom stereocenters. The predicted octanol–water partition coefficient (Wildman–Crippen LogP) is 5.19. The Morgan fingerprint density at radius 2 is 2.13 bits per heavy atom. The molecule has 0 saturated heterocycles. The maximum absolute atomic E-state index is 12.3. The van der Waals surface area contributed by atoms with E-state index < -0.39 is 0 Å². The summed E-state index contributed by atoms with van der Waals surface area (Å²) in [5, 5.41) is 3.44. The molecule has 0 fully saturated rings. The topological polar surface area (TPSA) is 68.3 Å². The van der Waals surface area contributed by atoms with E-state index in [1.807, 2.05) is 43.3 Å². The fraction of sp³-hybridized carbons (Fsp3) is 0.208. The number of halogens is 1. The number of benzene rings is 1. The Balaban J connectivity index is 1.41. The van der Waals surface area contributed by atoms with Crippen LogP contribution in [0, 0.1) is 0 Å². The Morgan fingerprint density at radius 3 is 2.84 bits per heavy atom. The summed E-state index contributed by atoms with van der Waals surface area (Å²) in [6.45, 7) is 3.82. The number of amides is 1. The van der Waals surface area contributed by atoms with E-state index in [4.69, 9.17) is 16.3 Å². The highest BCUT2D eigenvalue weighted by Crippen LogP contribution is 2.41. The summed E-state index contributed by atoms with van der Waals surface area (Å²) in [5.41, 5.74) is 3.71. The van der Waals surface area contributed by atoms with Crippen LogP contribution in [0.5, 0.6) is 5.75 Å². The fourth-order valence-corrected chi connectivity index (χ4v) is 4.64. The van der Waals surface area contributed by atoms with Gasteiger partial charge in [0.25, 0.3) is 0 Å². The molecule has 3 heterocycles. The van der Waals surface area contributed by atoms with Gasteiger partial charge in [-0.25, -0.2) is 0 Å². The maximum Gasteiger partial charge on any atom is 0.244 e. The number of hydrogen-bond acceptors (Lipinski definition) is 5. The Morgan fingerprint density at radius 1 is 1.29 bits per heavy atom. The SMILES string of the molecule is CC(=O)c1ccc(-c2cc(Cl)c3c(c2)CC(CNC(=O)/C=C(\C)c2cccnc2)O3)s1. The number of aromatic nitrogens is 1. The van der Waals surface area contributed by atoms with Gasteiger partial charge in [-0.1, -0.05) is 17.7 Å². The van der Waals surface area contributed by atoms with Crippen LogP contribution in [-0.4, -0.2) is 29.3 Å². The Kier molecular flexibility index (Phi) is 6.20. The molecule has 4 rings (SSSR count). The van der Waals surface area contributed by atoms with Crippen molar-refractivity contribution >= 4 is 40.2 Å². The van der Waals surface area contributed by atoms with Crippen LogP contribution in [0.4, 0.5) is 0 Å². The van der Waals surface area contributed by atoms with Crippen LogP contribution >= 0.6 is 22.9 Å².